The van der Waals surface area contributed by atoms with Gasteiger partial charge in [-0.15, -0.1) is 11.8 Å². The second-order valence-electron chi connectivity index (χ2n) is 7.76. The summed E-state index contributed by atoms with van der Waals surface area (Å²) in [7, 11) is 1.44. The predicted molar refractivity (Wildman–Crippen MR) is 123 cm³/mol. The number of carbonyl (C=O) groups is 1. The molecular weight excluding hydrogens is 453 g/mol. The fraction of sp³-hybridized carbons (Fsp3) is 0.333. The number of hydrogen-bond donors (Lipinski definition) is 1. The minimum Gasteiger partial charge on any atom is -0.378 e. The minimum atomic E-state index is -4.50. The Morgan fingerprint density at radius 3 is 2.48 bits per heavy atom. The highest BCUT2D eigenvalue weighted by Gasteiger charge is 2.31. The summed E-state index contributed by atoms with van der Waals surface area (Å²) >= 11 is 1.44. The van der Waals surface area contributed by atoms with Gasteiger partial charge in [-0.2, -0.15) is 13.2 Å². The van der Waals surface area contributed by atoms with Gasteiger partial charge in [-0.3, -0.25) is 10.1 Å². The van der Waals surface area contributed by atoms with E-state index in [9.17, 15) is 18.0 Å². The van der Waals surface area contributed by atoms with Gasteiger partial charge in [-0.25, -0.2) is 0 Å². The zero-order chi connectivity index (χ0) is 24.2. The van der Waals surface area contributed by atoms with Crippen LogP contribution in [0.3, 0.4) is 0 Å². The van der Waals surface area contributed by atoms with Crippen LogP contribution in [-0.2, 0) is 28.1 Å². The molecule has 0 aliphatic heterocycles. The normalized spacial score (nSPS) is 11.6. The Kier molecular flexibility index (Phi) is 7.86. The highest BCUT2D eigenvalue weighted by Crippen LogP contribution is 2.36. The van der Waals surface area contributed by atoms with Gasteiger partial charge in [0.05, 0.1) is 23.5 Å². The molecule has 1 aromatic heterocycles. The van der Waals surface area contributed by atoms with Crippen LogP contribution in [0.1, 0.15) is 33.5 Å². The van der Waals surface area contributed by atoms with E-state index in [1.54, 1.807) is 0 Å². The van der Waals surface area contributed by atoms with Crippen LogP contribution in [0.4, 0.5) is 19.1 Å². The second kappa shape index (κ2) is 10.4. The van der Waals surface area contributed by atoms with Crippen LogP contribution in [-0.4, -0.2) is 23.9 Å². The molecule has 33 heavy (non-hydrogen) atoms. The number of ether oxygens (including phenoxy) is 1. The lowest BCUT2D eigenvalue weighted by Crippen LogP contribution is -2.14. The number of aromatic nitrogens is 1. The largest absolute Gasteiger partial charge is 0.416 e. The lowest BCUT2D eigenvalue weighted by atomic mass is 10.0. The molecule has 0 unspecified atom stereocenters. The standard InChI is InChI=1S/C24H25F3N2O3S/c1-14-8-15(2)19(16(3)9-14)12-33-13-21(30)28-23-22(20(11-31-4)29-32-23)17-6-5-7-18(10-17)24(25,26)27/h5-10H,11-13H2,1-4H3,(H,28,30). The van der Waals surface area contributed by atoms with E-state index in [2.05, 4.69) is 22.6 Å². The molecule has 9 heteroatoms. The summed E-state index contributed by atoms with van der Waals surface area (Å²) < 4.78 is 49.9. The molecule has 0 aliphatic carbocycles. The van der Waals surface area contributed by atoms with E-state index in [4.69, 9.17) is 9.26 Å². The van der Waals surface area contributed by atoms with Crippen molar-refractivity contribution in [3.8, 4) is 11.1 Å². The van der Waals surface area contributed by atoms with Crippen molar-refractivity contribution in [3.63, 3.8) is 0 Å². The van der Waals surface area contributed by atoms with Crippen molar-refractivity contribution in [3.05, 3.63) is 69.9 Å². The van der Waals surface area contributed by atoms with Gasteiger partial charge in [-0.05, 0) is 55.2 Å². The van der Waals surface area contributed by atoms with Gasteiger partial charge in [0.15, 0.2) is 0 Å². The van der Waals surface area contributed by atoms with Crippen LogP contribution in [0.2, 0.25) is 0 Å². The highest BCUT2D eigenvalue weighted by atomic mass is 32.2. The van der Waals surface area contributed by atoms with Crippen molar-refractivity contribution >= 4 is 23.6 Å². The first-order chi connectivity index (χ1) is 15.6. The van der Waals surface area contributed by atoms with Gasteiger partial charge in [0.2, 0.25) is 11.8 Å². The average molecular weight is 479 g/mol. The molecule has 0 aliphatic rings. The first-order valence-corrected chi connectivity index (χ1v) is 11.3. The first kappa shape index (κ1) is 24.9. The summed E-state index contributed by atoms with van der Waals surface area (Å²) in [5.74, 6) is 0.470. The summed E-state index contributed by atoms with van der Waals surface area (Å²) in [5.41, 5.74) is 4.71. The monoisotopic (exact) mass is 478 g/mol. The van der Waals surface area contributed by atoms with Crippen molar-refractivity contribution in [1.29, 1.82) is 0 Å². The van der Waals surface area contributed by atoms with E-state index in [0.29, 0.717) is 11.4 Å². The number of amides is 1. The molecule has 0 saturated carbocycles. The Hall–Kier alpha value is -2.78. The SMILES string of the molecule is COCc1noc(NC(=O)CSCc2c(C)cc(C)cc2C)c1-c1cccc(C(F)(F)F)c1. The van der Waals surface area contributed by atoms with E-state index in [1.807, 2.05) is 20.8 Å². The fourth-order valence-electron chi connectivity index (χ4n) is 3.64. The molecule has 1 amide bonds. The van der Waals surface area contributed by atoms with E-state index >= 15 is 0 Å². The van der Waals surface area contributed by atoms with Crippen LogP contribution in [0, 0.1) is 20.8 Å². The number of aryl methyl sites for hydroxylation is 3. The molecule has 1 N–H and O–H groups in total. The summed E-state index contributed by atoms with van der Waals surface area (Å²) in [6.07, 6.45) is -4.50. The second-order valence-corrected chi connectivity index (χ2v) is 8.75. The summed E-state index contributed by atoms with van der Waals surface area (Å²) in [5, 5.41) is 6.53. The van der Waals surface area contributed by atoms with Gasteiger partial charge < -0.3 is 9.26 Å². The van der Waals surface area contributed by atoms with E-state index < -0.39 is 11.7 Å². The molecular formula is C24H25F3N2O3S. The molecule has 0 saturated heterocycles. The van der Waals surface area contributed by atoms with Crippen molar-refractivity contribution < 1.29 is 27.2 Å². The highest BCUT2D eigenvalue weighted by molar-refractivity contribution is 7.99. The maximum Gasteiger partial charge on any atom is 0.416 e. The molecule has 0 spiro atoms. The maximum absolute atomic E-state index is 13.2. The quantitative estimate of drug-likeness (QED) is 0.411. The van der Waals surface area contributed by atoms with Gasteiger partial charge >= 0.3 is 6.18 Å². The van der Waals surface area contributed by atoms with Gasteiger partial charge in [0.25, 0.3) is 0 Å². The number of methoxy groups -OCH3 is 1. The molecule has 5 nitrogen and oxygen atoms in total. The van der Waals surface area contributed by atoms with E-state index in [0.717, 1.165) is 12.1 Å². The fourth-order valence-corrected chi connectivity index (χ4v) is 4.66. The number of anilines is 1. The Morgan fingerprint density at radius 1 is 1.15 bits per heavy atom. The Labute approximate surface area is 194 Å². The van der Waals surface area contributed by atoms with Crippen LogP contribution in [0.25, 0.3) is 11.1 Å². The molecule has 0 fully saturated rings. The van der Waals surface area contributed by atoms with Gasteiger partial charge in [-0.1, -0.05) is 35.0 Å². The van der Waals surface area contributed by atoms with Crippen LogP contribution >= 0.6 is 11.8 Å². The number of carbonyl (C=O) groups excluding carboxylic acids is 1. The third-order valence-electron chi connectivity index (χ3n) is 5.10. The van der Waals surface area contributed by atoms with E-state index in [1.165, 1.54) is 53.3 Å². The predicted octanol–water partition coefficient (Wildman–Crippen LogP) is 6.30. The van der Waals surface area contributed by atoms with E-state index in [-0.39, 0.29) is 35.3 Å². The van der Waals surface area contributed by atoms with Crippen LogP contribution < -0.4 is 5.32 Å². The number of hydrogen-bond acceptors (Lipinski definition) is 5. The number of halogens is 3. The average Bonchev–Trinajstić information content (AvgIpc) is 3.11. The Bertz CT molecular complexity index is 1120. The zero-order valence-electron chi connectivity index (χ0n) is 18.8. The molecule has 2 aromatic carbocycles. The van der Waals surface area contributed by atoms with Gasteiger partial charge in [0, 0.05) is 12.9 Å². The summed E-state index contributed by atoms with van der Waals surface area (Å²) in [4.78, 5) is 12.6. The van der Waals surface area contributed by atoms with Crippen molar-refractivity contribution in [2.45, 2.75) is 39.3 Å². The molecule has 0 radical (unpaired) electrons. The molecule has 176 valence electrons. The number of alkyl halides is 3. The van der Waals surface area contributed by atoms with Crippen LogP contribution in [0.5, 0.6) is 0 Å². The summed E-state index contributed by atoms with van der Waals surface area (Å²) in [6.45, 7) is 6.15. The molecule has 1 heterocycles. The first-order valence-electron chi connectivity index (χ1n) is 10.2. The molecule has 0 atom stereocenters. The van der Waals surface area contributed by atoms with Crippen molar-refractivity contribution in [1.82, 2.24) is 5.16 Å². The topological polar surface area (TPSA) is 64.4 Å². The third-order valence-corrected chi connectivity index (χ3v) is 6.05. The number of rotatable bonds is 8. The summed E-state index contributed by atoms with van der Waals surface area (Å²) in [6, 6.07) is 9.01. The molecule has 3 rings (SSSR count). The smallest absolute Gasteiger partial charge is 0.378 e. The van der Waals surface area contributed by atoms with Gasteiger partial charge in [0.1, 0.15) is 5.69 Å². The minimum absolute atomic E-state index is 0.00493. The van der Waals surface area contributed by atoms with Crippen molar-refractivity contribution in [2.75, 3.05) is 18.2 Å². The number of benzene rings is 2. The Balaban J connectivity index is 1.76. The number of nitrogens with zero attached hydrogens (tertiary/aromatic N) is 1. The maximum atomic E-state index is 13.2. The Morgan fingerprint density at radius 2 is 1.85 bits per heavy atom. The van der Waals surface area contributed by atoms with Crippen LogP contribution in [0.15, 0.2) is 40.9 Å². The lowest BCUT2D eigenvalue weighted by Gasteiger charge is -2.11. The third kappa shape index (κ3) is 6.17. The molecule has 3 aromatic rings. The lowest BCUT2D eigenvalue weighted by molar-refractivity contribution is -0.137. The zero-order valence-corrected chi connectivity index (χ0v) is 19.6. The molecule has 0 bridgehead atoms. The van der Waals surface area contributed by atoms with Crippen molar-refractivity contribution in [2.24, 2.45) is 0 Å². The number of thioether (sulfide) groups is 1. The number of nitrogens with one attached hydrogen (secondary N) is 1.